The first-order valence-corrected chi connectivity index (χ1v) is 9.39. The third kappa shape index (κ3) is 3.85. The number of hydrogen-bond donors (Lipinski definition) is 0. The Morgan fingerprint density at radius 1 is 0.880 bits per heavy atom. The lowest BCUT2D eigenvalue weighted by molar-refractivity contribution is -0.137. The Balaban J connectivity index is 1.94. The Morgan fingerprint density at radius 3 is 2.08 bits per heavy atom. The summed E-state index contributed by atoms with van der Waals surface area (Å²) in [5, 5.41) is 0. The molecule has 0 aromatic heterocycles. The lowest BCUT2D eigenvalue weighted by atomic mass is 10.1. The molecule has 0 fully saturated rings. The molecule has 1 heterocycles. The molecule has 128 valence electrons. The van der Waals surface area contributed by atoms with Gasteiger partial charge in [-0.05, 0) is 17.0 Å². The number of carbonyl (C=O) groups is 2. The molecule has 0 radical (unpaired) electrons. The van der Waals surface area contributed by atoms with E-state index in [1.54, 1.807) is 0 Å². The summed E-state index contributed by atoms with van der Waals surface area (Å²) in [7, 11) is 0. The number of rotatable bonds is 6. The van der Waals surface area contributed by atoms with Crippen molar-refractivity contribution in [1.82, 2.24) is 4.90 Å². The van der Waals surface area contributed by atoms with Crippen LogP contribution in [0.15, 0.2) is 65.6 Å². The molecule has 0 bridgehead atoms. The van der Waals surface area contributed by atoms with Gasteiger partial charge in [0.15, 0.2) is 0 Å². The molecule has 1 aliphatic rings. The SMILES string of the molecule is CC(C)CN1C(=O)C(SCc2ccccc2)=C(c2ccccc2)C1=O. The van der Waals surface area contributed by atoms with Crippen LogP contribution in [-0.2, 0) is 15.3 Å². The molecule has 3 rings (SSSR count). The Morgan fingerprint density at radius 2 is 1.48 bits per heavy atom. The summed E-state index contributed by atoms with van der Waals surface area (Å²) in [5.74, 6) is 0.559. The van der Waals surface area contributed by atoms with Crippen molar-refractivity contribution < 1.29 is 9.59 Å². The van der Waals surface area contributed by atoms with Crippen molar-refractivity contribution in [3.8, 4) is 0 Å². The van der Waals surface area contributed by atoms with E-state index in [-0.39, 0.29) is 17.7 Å². The third-order valence-electron chi connectivity index (χ3n) is 3.96. The number of thioether (sulfide) groups is 1. The number of carbonyl (C=O) groups excluding carboxylic acids is 2. The fraction of sp³-hybridized carbons (Fsp3) is 0.238. The molecule has 3 nitrogen and oxygen atoms in total. The zero-order valence-corrected chi connectivity index (χ0v) is 15.3. The van der Waals surface area contributed by atoms with Crippen molar-refractivity contribution in [3.05, 3.63) is 76.7 Å². The van der Waals surface area contributed by atoms with Gasteiger partial charge in [-0.3, -0.25) is 14.5 Å². The molecule has 0 aliphatic carbocycles. The van der Waals surface area contributed by atoms with Crippen LogP contribution in [0.2, 0.25) is 0 Å². The first-order valence-electron chi connectivity index (χ1n) is 8.40. The minimum Gasteiger partial charge on any atom is -0.274 e. The van der Waals surface area contributed by atoms with Gasteiger partial charge in [0.25, 0.3) is 11.8 Å². The van der Waals surface area contributed by atoms with E-state index in [2.05, 4.69) is 0 Å². The molecule has 1 aliphatic heterocycles. The van der Waals surface area contributed by atoms with Crippen molar-refractivity contribution in [3.63, 3.8) is 0 Å². The summed E-state index contributed by atoms with van der Waals surface area (Å²) in [6.07, 6.45) is 0. The maximum Gasteiger partial charge on any atom is 0.268 e. The molecule has 0 N–H and O–H groups in total. The highest BCUT2D eigenvalue weighted by Gasteiger charge is 2.39. The number of benzene rings is 2. The quantitative estimate of drug-likeness (QED) is 0.726. The number of hydrogen-bond acceptors (Lipinski definition) is 3. The molecule has 2 aromatic rings. The monoisotopic (exact) mass is 351 g/mol. The van der Waals surface area contributed by atoms with Crippen LogP contribution >= 0.6 is 11.8 Å². The van der Waals surface area contributed by atoms with Crippen LogP contribution < -0.4 is 0 Å². The van der Waals surface area contributed by atoms with E-state index in [0.29, 0.717) is 22.8 Å². The van der Waals surface area contributed by atoms with Crippen LogP contribution in [0.4, 0.5) is 0 Å². The van der Waals surface area contributed by atoms with Crippen molar-refractivity contribution in [2.24, 2.45) is 5.92 Å². The van der Waals surface area contributed by atoms with Crippen LogP contribution in [0.3, 0.4) is 0 Å². The van der Waals surface area contributed by atoms with Crippen molar-refractivity contribution >= 4 is 29.1 Å². The molecule has 0 spiro atoms. The van der Waals surface area contributed by atoms with Crippen LogP contribution in [-0.4, -0.2) is 23.3 Å². The summed E-state index contributed by atoms with van der Waals surface area (Å²) >= 11 is 1.45. The Labute approximate surface area is 152 Å². The third-order valence-corrected chi connectivity index (χ3v) is 5.11. The van der Waals surface area contributed by atoms with E-state index in [4.69, 9.17) is 0 Å². The predicted octanol–water partition coefficient (Wildman–Crippen LogP) is 4.36. The molecule has 0 unspecified atom stereocenters. The van der Waals surface area contributed by atoms with Gasteiger partial charge in [-0.25, -0.2) is 0 Å². The topological polar surface area (TPSA) is 37.4 Å². The lowest BCUT2D eigenvalue weighted by Gasteiger charge is -2.17. The molecule has 0 saturated heterocycles. The molecule has 0 atom stereocenters. The minimum absolute atomic E-state index is 0.168. The largest absolute Gasteiger partial charge is 0.274 e. The fourth-order valence-corrected chi connectivity index (χ4v) is 3.89. The summed E-state index contributed by atoms with van der Waals surface area (Å²) in [4.78, 5) is 27.7. The van der Waals surface area contributed by atoms with Crippen molar-refractivity contribution in [2.75, 3.05) is 6.54 Å². The number of amides is 2. The smallest absolute Gasteiger partial charge is 0.268 e. The normalized spacial score (nSPS) is 14.8. The fourth-order valence-electron chi connectivity index (χ4n) is 2.81. The van der Waals surface area contributed by atoms with Gasteiger partial charge in [0.1, 0.15) is 0 Å². The van der Waals surface area contributed by atoms with Crippen LogP contribution in [0, 0.1) is 5.92 Å². The zero-order chi connectivity index (χ0) is 17.8. The summed E-state index contributed by atoms with van der Waals surface area (Å²) in [6, 6.07) is 19.5. The molecule has 4 heteroatoms. The van der Waals surface area contributed by atoms with Gasteiger partial charge in [-0.1, -0.05) is 74.5 Å². The number of nitrogens with zero attached hydrogens (tertiary/aromatic N) is 1. The number of imide groups is 1. The van der Waals surface area contributed by atoms with E-state index in [1.165, 1.54) is 16.7 Å². The van der Waals surface area contributed by atoms with E-state index < -0.39 is 0 Å². The van der Waals surface area contributed by atoms with Crippen LogP contribution in [0.1, 0.15) is 25.0 Å². The molecule has 0 saturated carbocycles. The molecular weight excluding hydrogens is 330 g/mol. The highest BCUT2D eigenvalue weighted by atomic mass is 32.2. The highest BCUT2D eigenvalue weighted by molar-refractivity contribution is 8.03. The van der Waals surface area contributed by atoms with Crippen molar-refractivity contribution in [2.45, 2.75) is 19.6 Å². The predicted molar refractivity (Wildman–Crippen MR) is 103 cm³/mol. The van der Waals surface area contributed by atoms with Gasteiger partial charge >= 0.3 is 0 Å². The van der Waals surface area contributed by atoms with Crippen LogP contribution in [0.5, 0.6) is 0 Å². The minimum atomic E-state index is -0.180. The first-order chi connectivity index (χ1) is 12.1. The van der Waals surface area contributed by atoms with Gasteiger partial charge in [0.05, 0.1) is 10.5 Å². The second-order valence-electron chi connectivity index (χ2n) is 6.46. The Hall–Kier alpha value is -2.33. The molecular formula is C21H21NO2S. The van der Waals surface area contributed by atoms with E-state index in [0.717, 1.165) is 11.1 Å². The molecule has 25 heavy (non-hydrogen) atoms. The van der Waals surface area contributed by atoms with E-state index >= 15 is 0 Å². The highest BCUT2D eigenvalue weighted by Crippen LogP contribution is 2.37. The van der Waals surface area contributed by atoms with Gasteiger partial charge in [0, 0.05) is 12.3 Å². The van der Waals surface area contributed by atoms with Gasteiger partial charge in [0.2, 0.25) is 0 Å². The van der Waals surface area contributed by atoms with E-state index in [1.807, 2.05) is 74.5 Å². The standard InChI is InChI=1S/C21H21NO2S/c1-15(2)13-22-20(23)18(17-11-7-4-8-12-17)19(21(22)24)25-14-16-9-5-3-6-10-16/h3-12,15H,13-14H2,1-2H3. The average Bonchev–Trinajstić information content (AvgIpc) is 2.85. The Bertz CT molecular complexity index is 797. The maximum absolute atomic E-state index is 12.9. The second-order valence-corrected chi connectivity index (χ2v) is 7.44. The summed E-state index contributed by atoms with van der Waals surface area (Å²) in [5.41, 5.74) is 2.48. The Kier molecular flexibility index (Phi) is 5.39. The first kappa shape index (κ1) is 17.5. The molecule has 2 aromatic carbocycles. The lowest BCUT2D eigenvalue weighted by Crippen LogP contribution is -2.34. The molecule has 2 amide bonds. The second kappa shape index (κ2) is 7.70. The van der Waals surface area contributed by atoms with Crippen molar-refractivity contribution in [1.29, 1.82) is 0 Å². The average molecular weight is 351 g/mol. The maximum atomic E-state index is 12.9. The van der Waals surface area contributed by atoms with E-state index in [9.17, 15) is 9.59 Å². The summed E-state index contributed by atoms with van der Waals surface area (Å²) < 4.78 is 0. The van der Waals surface area contributed by atoms with Gasteiger partial charge in [-0.2, -0.15) is 0 Å². The van der Waals surface area contributed by atoms with Crippen LogP contribution in [0.25, 0.3) is 5.57 Å². The van der Waals surface area contributed by atoms with Gasteiger partial charge in [-0.15, -0.1) is 11.8 Å². The summed E-state index contributed by atoms with van der Waals surface area (Å²) in [6.45, 7) is 4.47. The zero-order valence-electron chi connectivity index (χ0n) is 14.4. The van der Waals surface area contributed by atoms with Gasteiger partial charge < -0.3 is 0 Å².